The molecule has 1 aliphatic heterocycles. The zero-order valence-electron chi connectivity index (χ0n) is 13.7. The summed E-state index contributed by atoms with van der Waals surface area (Å²) in [6.07, 6.45) is 2.53. The normalized spacial score (nSPS) is 35.4. The molecule has 0 spiro atoms. The van der Waals surface area contributed by atoms with Crippen molar-refractivity contribution in [3.05, 3.63) is 0 Å². The first kappa shape index (κ1) is 17.6. The average molecular weight is 330 g/mol. The van der Waals surface area contributed by atoms with Gasteiger partial charge < -0.3 is 14.2 Å². The Labute approximate surface area is 136 Å². The SMILES string of the molecule is CC(=O)O[C@H]1CS[C@@H](C(=O)O[C@@H]2C[C@H](C)CCC2C(C)C)O1. The molecule has 0 aromatic carbocycles. The molecule has 0 radical (unpaired) electrons. The van der Waals surface area contributed by atoms with Crippen LogP contribution in [0.4, 0.5) is 0 Å². The number of esters is 2. The van der Waals surface area contributed by atoms with E-state index in [4.69, 9.17) is 14.2 Å². The van der Waals surface area contributed by atoms with Gasteiger partial charge in [-0.3, -0.25) is 4.79 Å². The van der Waals surface area contributed by atoms with Crippen molar-refractivity contribution < 1.29 is 23.8 Å². The van der Waals surface area contributed by atoms with Crippen LogP contribution in [0.5, 0.6) is 0 Å². The van der Waals surface area contributed by atoms with Gasteiger partial charge in [0.15, 0.2) is 0 Å². The average Bonchev–Trinajstić information content (AvgIpc) is 2.86. The van der Waals surface area contributed by atoms with E-state index in [1.807, 2.05) is 0 Å². The highest BCUT2D eigenvalue weighted by atomic mass is 32.2. The number of carbonyl (C=O) groups excluding carboxylic acids is 2. The van der Waals surface area contributed by atoms with E-state index in [0.717, 1.165) is 12.8 Å². The summed E-state index contributed by atoms with van der Waals surface area (Å²) in [7, 11) is 0. The highest BCUT2D eigenvalue weighted by molar-refractivity contribution is 8.00. The summed E-state index contributed by atoms with van der Waals surface area (Å²) in [5.41, 5.74) is -0.686. The smallest absolute Gasteiger partial charge is 0.346 e. The lowest BCUT2D eigenvalue weighted by atomic mass is 9.75. The van der Waals surface area contributed by atoms with Crippen molar-refractivity contribution in [1.29, 1.82) is 0 Å². The van der Waals surface area contributed by atoms with Crippen molar-refractivity contribution in [2.45, 2.75) is 64.8 Å². The minimum absolute atomic E-state index is 0.0341. The largest absolute Gasteiger partial charge is 0.459 e. The number of ether oxygens (including phenoxy) is 3. The predicted octanol–water partition coefficient (Wildman–Crippen LogP) is 2.97. The fourth-order valence-corrected chi connectivity index (χ4v) is 4.08. The third kappa shape index (κ3) is 4.62. The molecule has 1 unspecified atom stereocenters. The highest BCUT2D eigenvalue weighted by Crippen LogP contribution is 2.36. The first-order valence-corrected chi connectivity index (χ1v) is 9.06. The fraction of sp³-hybridized carbons (Fsp3) is 0.875. The Bertz CT molecular complexity index is 411. The van der Waals surface area contributed by atoms with Crippen molar-refractivity contribution in [2.24, 2.45) is 17.8 Å². The van der Waals surface area contributed by atoms with E-state index >= 15 is 0 Å². The van der Waals surface area contributed by atoms with Gasteiger partial charge in [-0.1, -0.05) is 27.2 Å². The molecule has 1 saturated carbocycles. The molecular formula is C16H26O5S. The van der Waals surface area contributed by atoms with Crippen LogP contribution >= 0.6 is 11.8 Å². The minimum Gasteiger partial charge on any atom is -0.459 e. The zero-order chi connectivity index (χ0) is 16.3. The van der Waals surface area contributed by atoms with Gasteiger partial charge in [-0.05, 0) is 30.6 Å². The van der Waals surface area contributed by atoms with Crippen molar-refractivity contribution >= 4 is 23.7 Å². The molecule has 0 aromatic rings. The van der Waals surface area contributed by atoms with E-state index < -0.39 is 17.7 Å². The molecule has 2 rings (SSSR count). The maximum atomic E-state index is 12.3. The Morgan fingerprint density at radius 3 is 2.59 bits per heavy atom. The monoisotopic (exact) mass is 330 g/mol. The summed E-state index contributed by atoms with van der Waals surface area (Å²) in [5, 5.41) is 0. The van der Waals surface area contributed by atoms with Crippen LogP contribution < -0.4 is 0 Å². The molecule has 2 fully saturated rings. The molecule has 5 atom stereocenters. The van der Waals surface area contributed by atoms with Gasteiger partial charge in [0.1, 0.15) is 6.10 Å². The summed E-state index contributed by atoms with van der Waals surface area (Å²) in [6.45, 7) is 7.89. The summed E-state index contributed by atoms with van der Waals surface area (Å²) in [5.74, 6) is 1.21. The van der Waals surface area contributed by atoms with Crippen LogP contribution in [-0.2, 0) is 23.8 Å². The van der Waals surface area contributed by atoms with Crippen LogP contribution in [0.25, 0.3) is 0 Å². The summed E-state index contributed by atoms with van der Waals surface area (Å²) < 4.78 is 16.2. The van der Waals surface area contributed by atoms with Crippen molar-refractivity contribution in [3.8, 4) is 0 Å². The van der Waals surface area contributed by atoms with Crippen LogP contribution in [0.1, 0.15) is 47.0 Å². The van der Waals surface area contributed by atoms with Gasteiger partial charge in [0.2, 0.25) is 11.7 Å². The number of hydrogen-bond donors (Lipinski definition) is 0. The van der Waals surface area contributed by atoms with Crippen molar-refractivity contribution in [1.82, 2.24) is 0 Å². The molecule has 1 heterocycles. The maximum absolute atomic E-state index is 12.3. The van der Waals surface area contributed by atoms with Crippen molar-refractivity contribution in [2.75, 3.05) is 5.75 Å². The predicted molar refractivity (Wildman–Crippen MR) is 84.1 cm³/mol. The second kappa shape index (κ2) is 7.68. The van der Waals surface area contributed by atoms with Crippen LogP contribution in [-0.4, -0.2) is 35.5 Å². The summed E-state index contributed by atoms with van der Waals surface area (Å²) in [6, 6.07) is 0. The number of carbonyl (C=O) groups is 2. The second-order valence-corrected chi connectivity index (χ2v) is 7.74. The van der Waals surface area contributed by atoms with Gasteiger partial charge in [0.25, 0.3) is 0 Å². The first-order chi connectivity index (χ1) is 10.4. The second-order valence-electron chi connectivity index (χ2n) is 6.64. The molecule has 0 amide bonds. The number of rotatable bonds is 4. The fourth-order valence-electron chi connectivity index (χ4n) is 3.21. The molecule has 1 aliphatic carbocycles. The summed E-state index contributed by atoms with van der Waals surface area (Å²) in [4.78, 5) is 23.2. The molecular weight excluding hydrogens is 304 g/mol. The molecule has 126 valence electrons. The zero-order valence-corrected chi connectivity index (χ0v) is 14.6. The molecule has 2 aliphatic rings. The van der Waals surface area contributed by atoms with Gasteiger partial charge in [-0.15, -0.1) is 11.8 Å². The third-order valence-electron chi connectivity index (χ3n) is 4.38. The molecule has 0 N–H and O–H groups in total. The van der Waals surface area contributed by atoms with E-state index in [2.05, 4.69) is 20.8 Å². The standard InChI is InChI=1S/C16H26O5S/c1-9(2)12-6-5-10(3)7-13(12)20-15(18)16-21-14(8-22-16)19-11(4)17/h9-10,12-14,16H,5-8H2,1-4H3/t10-,12?,13-,14-,16+/m1/s1. The molecule has 1 saturated heterocycles. The van der Waals surface area contributed by atoms with Crippen LogP contribution in [0.2, 0.25) is 0 Å². The van der Waals surface area contributed by atoms with Gasteiger partial charge in [0, 0.05) is 6.92 Å². The lowest BCUT2D eigenvalue weighted by Gasteiger charge is -2.37. The molecule has 5 nitrogen and oxygen atoms in total. The first-order valence-electron chi connectivity index (χ1n) is 8.01. The Balaban J connectivity index is 1.88. The molecule has 22 heavy (non-hydrogen) atoms. The summed E-state index contributed by atoms with van der Waals surface area (Å²) >= 11 is 1.33. The lowest BCUT2D eigenvalue weighted by Crippen LogP contribution is -2.38. The van der Waals surface area contributed by atoms with Crippen molar-refractivity contribution in [3.63, 3.8) is 0 Å². The topological polar surface area (TPSA) is 61.8 Å². The Morgan fingerprint density at radius 2 is 1.95 bits per heavy atom. The number of thioether (sulfide) groups is 1. The van der Waals surface area contributed by atoms with E-state index in [-0.39, 0.29) is 12.1 Å². The molecule has 0 bridgehead atoms. The van der Waals surface area contributed by atoms with Crippen LogP contribution in [0.15, 0.2) is 0 Å². The molecule has 6 heteroatoms. The van der Waals surface area contributed by atoms with E-state index in [1.165, 1.54) is 25.1 Å². The van der Waals surface area contributed by atoms with Gasteiger partial charge in [-0.25, -0.2) is 4.79 Å². The molecule has 0 aromatic heterocycles. The lowest BCUT2D eigenvalue weighted by molar-refractivity contribution is -0.185. The quantitative estimate of drug-likeness (QED) is 0.739. The number of hydrogen-bond acceptors (Lipinski definition) is 6. The minimum atomic E-state index is -0.686. The third-order valence-corrected chi connectivity index (χ3v) is 5.45. The van der Waals surface area contributed by atoms with E-state index in [0.29, 0.717) is 23.5 Å². The Kier molecular flexibility index (Phi) is 6.15. The van der Waals surface area contributed by atoms with Crippen LogP contribution in [0.3, 0.4) is 0 Å². The van der Waals surface area contributed by atoms with Gasteiger partial charge in [-0.2, -0.15) is 0 Å². The Hall–Kier alpha value is -0.750. The Morgan fingerprint density at radius 1 is 1.23 bits per heavy atom. The maximum Gasteiger partial charge on any atom is 0.346 e. The van der Waals surface area contributed by atoms with Gasteiger partial charge in [0.05, 0.1) is 5.75 Å². The van der Waals surface area contributed by atoms with E-state index in [9.17, 15) is 9.59 Å². The van der Waals surface area contributed by atoms with Gasteiger partial charge >= 0.3 is 11.9 Å². The highest BCUT2D eigenvalue weighted by Gasteiger charge is 2.39. The van der Waals surface area contributed by atoms with E-state index in [1.54, 1.807) is 0 Å². The van der Waals surface area contributed by atoms with Crippen LogP contribution in [0, 0.1) is 17.8 Å².